The molecule has 2 saturated heterocycles. The van der Waals surface area contributed by atoms with Crippen molar-refractivity contribution in [2.45, 2.75) is 132 Å². The lowest BCUT2D eigenvalue weighted by Crippen LogP contribution is -2.49. The minimum absolute atomic E-state index is 0.0833. The lowest BCUT2D eigenvalue weighted by atomic mass is 10.2. The Morgan fingerprint density at radius 1 is 0.760 bits per heavy atom. The van der Waals surface area contributed by atoms with Crippen LogP contribution < -0.4 is 33.2 Å². The average molecular weight is 710 g/mol. The summed E-state index contributed by atoms with van der Waals surface area (Å²) < 4.78 is 0. The quantitative estimate of drug-likeness (QED) is 0.115. The Hall–Kier alpha value is -2.25. The van der Waals surface area contributed by atoms with Gasteiger partial charge in [-0.1, -0.05) is 41.5 Å². The largest absolute Gasteiger partial charge is 0.675 e. The normalized spacial score (nSPS) is 15.6. The molecule has 0 aliphatic carbocycles. The van der Waals surface area contributed by atoms with Crippen LogP contribution in [0.15, 0.2) is 26.9 Å². The maximum Gasteiger partial charge on any atom is 0.193 e. The lowest BCUT2D eigenvalue weighted by molar-refractivity contribution is 0.277. The molecule has 13 heteroatoms. The van der Waals surface area contributed by atoms with E-state index in [1.54, 1.807) is 0 Å². The SMILES string of the molecule is C1CN=C2NCCCN2C1.CC(C)/C=C1\NCCCN1CCCN.CC(C)N=C=NC(C)C.CC(C)[NH-].CC(C)[NH-].NCCCNCCCN. The van der Waals surface area contributed by atoms with Gasteiger partial charge in [0, 0.05) is 45.8 Å². The van der Waals surface area contributed by atoms with Gasteiger partial charge in [0.1, 0.15) is 0 Å². The first kappa shape index (κ1) is 52.1. The Labute approximate surface area is 309 Å². The molecule has 0 atom stereocenters. The molecular formula is C37H83N13-2. The van der Waals surface area contributed by atoms with Crippen LogP contribution in [0.25, 0.3) is 11.5 Å². The van der Waals surface area contributed by atoms with E-state index in [9.17, 15) is 0 Å². The predicted octanol–water partition coefficient (Wildman–Crippen LogP) is 5.31. The number of allylic oxidation sites excluding steroid dienone is 1. The van der Waals surface area contributed by atoms with Crippen molar-refractivity contribution in [2.24, 2.45) is 38.1 Å². The van der Waals surface area contributed by atoms with Crippen LogP contribution in [0, 0.1) is 5.92 Å². The van der Waals surface area contributed by atoms with Crippen molar-refractivity contribution >= 4 is 12.0 Å². The number of aliphatic imine (C=N–C) groups is 3. The molecule has 13 nitrogen and oxygen atoms in total. The lowest BCUT2D eigenvalue weighted by Gasteiger charge is -2.33. The Morgan fingerprint density at radius 2 is 1.24 bits per heavy atom. The summed E-state index contributed by atoms with van der Waals surface area (Å²) in [6, 6.07) is 3.43. The minimum atomic E-state index is 0.0833. The zero-order valence-electron chi connectivity index (χ0n) is 34.2. The zero-order chi connectivity index (χ0) is 38.6. The third-order valence-electron chi connectivity index (χ3n) is 6.16. The van der Waals surface area contributed by atoms with E-state index in [0.717, 1.165) is 84.1 Å². The molecule has 298 valence electrons. The van der Waals surface area contributed by atoms with Crippen LogP contribution in [0.3, 0.4) is 0 Å². The molecule has 50 heavy (non-hydrogen) atoms. The zero-order valence-corrected chi connectivity index (χ0v) is 34.2. The molecule has 3 aliphatic rings. The van der Waals surface area contributed by atoms with Gasteiger partial charge in [-0.2, -0.15) is 0 Å². The summed E-state index contributed by atoms with van der Waals surface area (Å²) in [5.41, 5.74) is 29.2. The predicted molar refractivity (Wildman–Crippen MR) is 221 cm³/mol. The number of nitrogens with zero attached hydrogens (tertiary/aromatic N) is 5. The molecular weight excluding hydrogens is 626 g/mol. The van der Waals surface area contributed by atoms with E-state index in [4.69, 9.17) is 28.7 Å². The van der Waals surface area contributed by atoms with Crippen molar-refractivity contribution in [3.8, 4) is 0 Å². The molecule has 0 radical (unpaired) electrons. The summed E-state index contributed by atoms with van der Waals surface area (Å²) in [6.07, 6.45) is 9.23. The number of nitrogens with two attached hydrogens (primary N) is 3. The molecule has 2 fully saturated rings. The number of nitrogens with one attached hydrogen (secondary N) is 5. The second-order valence-electron chi connectivity index (χ2n) is 13.9. The van der Waals surface area contributed by atoms with Crippen molar-refractivity contribution < 1.29 is 0 Å². The van der Waals surface area contributed by atoms with E-state index in [-0.39, 0.29) is 12.1 Å². The second kappa shape index (κ2) is 38.0. The van der Waals surface area contributed by atoms with Gasteiger partial charge in [-0.25, -0.2) is 9.98 Å². The van der Waals surface area contributed by atoms with Gasteiger partial charge in [0.15, 0.2) is 5.96 Å². The highest BCUT2D eigenvalue weighted by atomic mass is 15.3. The Morgan fingerprint density at radius 3 is 1.70 bits per heavy atom. The monoisotopic (exact) mass is 710 g/mol. The fourth-order valence-corrected chi connectivity index (χ4v) is 4.06. The van der Waals surface area contributed by atoms with Crippen molar-refractivity contribution in [2.75, 3.05) is 78.5 Å². The first-order valence-electron chi connectivity index (χ1n) is 19.3. The molecule has 0 saturated carbocycles. The summed E-state index contributed by atoms with van der Waals surface area (Å²) in [5, 5.41) is 9.98. The van der Waals surface area contributed by atoms with Crippen LogP contribution in [0.5, 0.6) is 0 Å². The Bertz CT molecular complexity index is 806. The topological polar surface area (TPSA) is 205 Å². The van der Waals surface area contributed by atoms with Gasteiger partial charge < -0.3 is 54.4 Å². The molecule has 0 unspecified atom stereocenters. The number of rotatable bonds is 12. The smallest absolute Gasteiger partial charge is 0.193 e. The van der Waals surface area contributed by atoms with Gasteiger partial charge in [-0.3, -0.25) is 4.99 Å². The maximum atomic E-state index is 6.58. The van der Waals surface area contributed by atoms with E-state index in [1.807, 2.05) is 55.4 Å². The standard InChI is InChI=1S/C11H23N3.C7H13N3.C7H14N2.C6H17N3.2C3H8N/c1-10(2)9-11-13-6-4-8-14(11)7-3-5-12;1-3-8-7-9-4-2-6-10(7)5-1;1-6(2)8-5-9-7(3)4;7-3-1-5-9-6-2-4-8;2*1-3(2)4/h9-10,13H,3-8,12H2,1-2H3;1-6H2,(H,8,9);6-7H,1-4H3;9H,1-8H2;2*3-4H,1-2H3/q;;;;2*-1/b11-9+;;;;;. The highest BCUT2D eigenvalue weighted by Crippen LogP contribution is 2.11. The van der Waals surface area contributed by atoms with Crippen molar-refractivity contribution in [3.05, 3.63) is 23.4 Å². The van der Waals surface area contributed by atoms with Crippen LogP contribution in [-0.2, 0) is 0 Å². The Kier molecular flexibility index (Phi) is 39.6. The second-order valence-corrected chi connectivity index (χ2v) is 13.9. The van der Waals surface area contributed by atoms with E-state index in [1.165, 1.54) is 44.7 Å². The highest BCUT2D eigenvalue weighted by Gasteiger charge is 2.17. The molecule has 0 amide bonds. The van der Waals surface area contributed by atoms with Gasteiger partial charge in [-0.05, 0) is 111 Å². The summed E-state index contributed by atoms with van der Waals surface area (Å²) >= 11 is 0. The molecule has 11 N–H and O–H groups in total. The maximum absolute atomic E-state index is 6.58. The fourth-order valence-electron chi connectivity index (χ4n) is 4.06. The minimum Gasteiger partial charge on any atom is -0.675 e. The van der Waals surface area contributed by atoms with Gasteiger partial charge in [0.2, 0.25) is 0 Å². The third kappa shape index (κ3) is 41.9. The fraction of sp³-hybridized carbons (Fsp3) is 0.892. The average Bonchev–Trinajstić information content (AvgIpc) is 3.04. The summed E-state index contributed by atoms with van der Waals surface area (Å²) in [5.74, 6) is 3.05. The molecule has 0 aromatic rings. The van der Waals surface area contributed by atoms with Crippen molar-refractivity contribution in [1.82, 2.24) is 25.8 Å². The molecule has 0 spiro atoms. The van der Waals surface area contributed by atoms with Crippen LogP contribution in [0.1, 0.15) is 108 Å². The van der Waals surface area contributed by atoms with E-state index < -0.39 is 0 Å². The summed E-state index contributed by atoms with van der Waals surface area (Å²) in [7, 11) is 0. The van der Waals surface area contributed by atoms with Gasteiger partial charge in [0.25, 0.3) is 0 Å². The summed E-state index contributed by atoms with van der Waals surface area (Å²) in [4.78, 5) is 17.0. The number of hydrogen-bond acceptors (Lipinski definition) is 11. The molecule has 3 aliphatic heterocycles. The molecule has 0 aromatic heterocycles. The number of guanidine groups is 1. The van der Waals surface area contributed by atoms with Gasteiger partial charge in [0.05, 0.1) is 23.9 Å². The van der Waals surface area contributed by atoms with Crippen LogP contribution in [-0.4, -0.2) is 124 Å². The van der Waals surface area contributed by atoms with E-state index >= 15 is 0 Å². The van der Waals surface area contributed by atoms with Crippen molar-refractivity contribution in [3.63, 3.8) is 0 Å². The van der Waals surface area contributed by atoms with Gasteiger partial charge >= 0.3 is 0 Å². The first-order valence-corrected chi connectivity index (χ1v) is 19.3. The number of hydrogen-bond donors (Lipinski definition) is 6. The third-order valence-corrected chi connectivity index (χ3v) is 6.16. The molecule has 0 aromatic carbocycles. The van der Waals surface area contributed by atoms with E-state index in [0.29, 0.717) is 18.0 Å². The molecule has 0 bridgehead atoms. The molecule has 3 rings (SSSR count). The highest BCUT2D eigenvalue weighted by molar-refractivity contribution is 5.81. The Balaban J connectivity index is -0.000000557. The number of fused-ring (bicyclic) bond motifs is 1. The van der Waals surface area contributed by atoms with Crippen LogP contribution in [0.4, 0.5) is 0 Å². The summed E-state index contributed by atoms with van der Waals surface area (Å²) in [6.45, 7) is 32.0. The van der Waals surface area contributed by atoms with Crippen LogP contribution >= 0.6 is 0 Å². The van der Waals surface area contributed by atoms with Crippen LogP contribution in [0.2, 0.25) is 0 Å². The molecule has 3 heterocycles. The van der Waals surface area contributed by atoms with Gasteiger partial charge in [-0.15, -0.1) is 12.1 Å². The van der Waals surface area contributed by atoms with E-state index in [2.05, 4.69) is 66.7 Å². The first-order chi connectivity index (χ1) is 23.7. The van der Waals surface area contributed by atoms with Crippen molar-refractivity contribution in [1.29, 1.82) is 0 Å².